The van der Waals surface area contributed by atoms with Crippen LogP contribution < -0.4 is 5.32 Å². The topological polar surface area (TPSA) is 77.6 Å². The molecule has 7 nitrogen and oxygen atoms in total. The normalized spacial score (nSPS) is 11.0. The number of aryl methyl sites for hydroxylation is 1. The average molecular weight is 284 g/mol. The number of hydrogen-bond donors (Lipinski definition) is 1. The van der Waals surface area contributed by atoms with Gasteiger partial charge in [-0.05, 0) is 19.1 Å². The van der Waals surface area contributed by atoms with Gasteiger partial charge in [0.2, 0.25) is 5.91 Å². The lowest BCUT2D eigenvalue weighted by Gasteiger charge is -2.05. The standard InChI is InChI=1S/C14H16N6O/c1-10-11(8-16-19(10)2)7-15-14(21)9-20-13-6-4-3-5-12(13)17-18-20/h3-6,8H,7,9H2,1-2H3,(H,15,21). The Bertz CT molecular complexity index is 788. The first-order valence-electron chi connectivity index (χ1n) is 6.67. The number of amides is 1. The zero-order valence-corrected chi connectivity index (χ0v) is 11.9. The molecular weight excluding hydrogens is 268 g/mol. The Labute approximate surface area is 121 Å². The third-order valence-electron chi connectivity index (χ3n) is 3.53. The molecule has 0 saturated heterocycles. The third-order valence-corrected chi connectivity index (χ3v) is 3.53. The van der Waals surface area contributed by atoms with Crippen molar-refractivity contribution in [1.82, 2.24) is 30.1 Å². The van der Waals surface area contributed by atoms with Crippen molar-refractivity contribution >= 4 is 16.9 Å². The number of hydrogen-bond acceptors (Lipinski definition) is 4. The zero-order chi connectivity index (χ0) is 14.8. The van der Waals surface area contributed by atoms with Crippen LogP contribution in [0.15, 0.2) is 30.5 Å². The summed E-state index contributed by atoms with van der Waals surface area (Å²) in [6, 6.07) is 7.56. The largest absolute Gasteiger partial charge is 0.350 e. The Hall–Kier alpha value is -2.70. The average Bonchev–Trinajstić information content (AvgIpc) is 3.03. The summed E-state index contributed by atoms with van der Waals surface area (Å²) in [4.78, 5) is 12.0. The summed E-state index contributed by atoms with van der Waals surface area (Å²) >= 11 is 0. The van der Waals surface area contributed by atoms with E-state index in [0.29, 0.717) is 6.54 Å². The fourth-order valence-electron chi connectivity index (χ4n) is 2.14. The van der Waals surface area contributed by atoms with E-state index in [2.05, 4.69) is 20.7 Å². The van der Waals surface area contributed by atoms with Crippen molar-refractivity contribution in [1.29, 1.82) is 0 Å². The van der Waals surface area contributed by atoms with E-state index in [9.17, 15) is 4.79 Å². The molecule has 0 atom stereocenters. The Morgan fingerprint density at radius 2 is 2.14 bits per heavy atom. The van der Waals surface area contributed by atoms with E-state index in [4.69, 9.17) is 0 Å². The van der Waals surface area contributed by atoms with Crippen LogP contribution in [0, 0.1) is 6.92 Å². The molecule has 7 heteroatoms. The first-order valence-corrected chi connectivity index (χ1v) is 6.67. The lowest BCUT2D eigenvalue weighted by molar-refractivity contribution is -0.121. The third kappa shape index (κ3) is 2.62. The summed E-state index contributed by atoms with van der Waals surface area (Å²) in [6.45, 7) is 2.59. The van der Waals surface area contributed by atoms with Gasteiger partial charge in [-0.3, -0.25) is 9.48 Å². The monoisotopic (exact) mass is 284 g/mol. The first-order chi connectivity index (χ1) is 10.1. The molecule has 1 amide bonds. The van der Waals surface area contributed by atoms with Crippen molar-refractivity contribution in [2.75, 3.05) is 0 Å². The van der Waals surface area contributed by atoms with Gasteiger partial charge in [0.05, 0.1) is 11.7 Å². The molecule has 0 aliphatic rings. The molecule has 21 heavy (non-hydrogen) atoms. The van der Waals surface area contributed by atoms with E-state index in [0.717, 1.165) is 22.3 Å². The van der Waals surface area contributed by atoms with Gasteiger partial charge in [-0.1, -0.05) is 17.3 Å². The van der Waals surface area contributed by atoms with Gasteiger partial charge < -0.3 is 5.32 Å². The molecular formula is C14H16N6O. The summed E-state index contributed by atoms with van der Waals surface area (Å²) in [6.07, 6.45) is 1.76. The second-order valence-corrected chi connectivity index (χ2v) is 4.89. The van der Waals surface area contributed by atoms with E-state index in [-0.39, 0.29) is 12.5 Å². The van der Waals surface area contributed by atoms with Gasteiger partial charge in [-0.15, -0.1) is 5.10 Å². The Morgan fingerprint density at radius 3 is 2.90 bits per heavy atom. The summed E-state index contributed by atoms with van der Waals surface area (Å²) in [5, 5.41) is 15.1. The molecule has 2 heterocycles. The van der Waals surface area contributed by atoms with Crippen molar-refractivity contribution in [3.8, 4) is 0 Å². The minimum Gasteiger partial charge on any atom is -0.350 e. The van der Waals surface area contributed by atoms with E-state index in [1.807, 2.05) is 38.2 Å². The van der Waals surface area contributed by atoms with Crippen LogP contribution in [0.25, 0.3) is 11.0 Å². The van der Waals surface area contributed by atoms with Crippen LogP contribution in [0.3, 0.4) is 0 Å². The Balaban J connectivity index is 1.65. The molecule has 0 bridgehead atoms. The molecule has 0 radical (unpaired) electrons. The van der Waals surface area contributed by atoms with Crippen molar-refractivity contribution in [2.45, 2.75) is 20.0 Å². The van der Waals surface area contributed by atoms with Crippen molar-refractivity contribution in [3.05, 3.63) is 41.7 Å². The SMILES string of the molecule is Cc1c(CNC(=O)Cn2nnc3ccccc32)cnn1C. The van der Waals surface area contributed by atoms with Crippen molar-refractivity contribution in [3.63, 3.8) is 0 Å². The van der Waals surface area contributed by atoms with Gasteiger partial charge in [0.25, 0.3) is 0 Å². The predicted octanol–water partition coefficient (Wildman–Crippen LogP) is 0.790. The predicted molar refractivity (Wildman–Crippen MR) is 77.3 cm³/mol. The molecule has 0 aliphatic carbocycles. The van der Waals surface area contributed by atoms with Crippen LogP contribution in [0.2, 0.25) is 0 Å². The number of benzene rings is 1. The first kappa shape index (κ1) is 13.3. The van der Waals surface area contributed by atoms with Gasteiger partial charge >= 0.3 is 0 Å². The highest BCUT2D eigenvalue weighted by Gasteiger charge is 2.09. The quantitative estimate of drug-likeness (QED) is 0.768. The smallest absolute Gasteiger partial charge is 0.242 e. The Morgan fingerprint density at radius 1 is 1.33 bits per heavy atom. The highest BCUT2D eigenvalue weighted by Crippen LogP contribution is 2.09. The molecule has 1 aromatic carbocycles. The molecule has 1 N–H and O–H groups in total. The molecule has 108 valence electrons. The summed E-state index contributed by atoms with van der Waals surface area (Å²) in [7, 11) is 1.88. The van der Waals surface area contributed by atoms with Gasteiger partial charge in [0.1, 0.15) is 12.1 Å². The number of carbonyl (C=O) groups excluding carboxylic acids is 1. The highest BCUT2D eigenvalue weighted by atomic mass is 16.2. The van der Waals surface area contributed by atoms with Crippen LogP contribution in [0.5, 0.6) is 0 Å². The number of nitrogens with one attached hydrogen (secondary N) is 1. The van der Waals surface area contributed by atoms with Crippen LogP contribution in [-0.2, 0) is 24.9 Å². The van der Waals surface area contributed by atoms with Crippen LogP contribution in [0.4, 0.5) is 0 Å². The van der Waals surface area contributed by atoms with Gasteiger partial charge in [0, 0.05) is 24.8 Å². The highest BCUT2D eigenvalue weighted by molar-refractivity contribution is 5.79. The maximum atomic E-state index is 12.0. The molecule has 3 aromatic rings. The summed E-state index contributed by atoms with van der Waals surface area (Å²) in [5.41, 5.74) is 3.69. The molecule has 3 rings (SSSR count). The van der Waals surface area contributed by atoms with E-state index < -0.39 is 0 Å². The summed E-state index contributed by atoms with van der Waals surface area (Å²) in [5.74, 6) is -0.103. The number of carbonyl (C=O) groups is 1. The number of rotatable bonds is 4. The Kier molecular flexibility index (Phi) is 3.39. The minimum absolute atomic E-state index is 0.103. The summed E-state index contributed by atoms with van der Waals surface area (Å²) < 4.78 is 3.38. The van der Waals surface area contributed by atoms with E-state index in [1.165, 1.54) is 0 Å². The van der Waals surface area contributed by atoms with Crippen LogP contribution in [0.1, 0.15) is 11.3 Å². The fraction of sp³-hybridized carbons (Fsp3) is 0.286. The maximum absolute atomic E-state index is 12.0. The number of aromatic nitrogens is 5. The van der Waals surface area contributed by atoms with E-state index >= 15 is 0 Å². The minimum atomic E-state index is -0.103. The number of para-hydroxylation sites is 1. The number of nitrogens with zero attached hydrogens (tertiary/aromatic N) is 5. The fourth-order valence-corrected chi connectivity index (χ4v) is 2.14. The van der Waals surface area contributed by atoms with Gasteiger partial charge in [0.15, 0.2) is 0 Å². The lowest BCUT2D eigenvalue weighted by atomic mass is 10.2. The van der Waals surface area contributed by atoms with Gasteiger partial charge in [-0.2, -0.15) is 5.10 Å². The molecule has 2 aromatic heterocycles. The van der Waals surface area contributed by atoms with E-state index in [1.54, 1.807) is 15.6 Å². The second-order valence-electron chi connectivity index (χ2n) is 4.89. The molecule has 0 saturated carbocycles. The van der Waals surface area contributed by atoms with Crippen LogP contribution >= 0.6 is 0 Å². The molecule has 0 unspecified atom stereocenters. The molecule has 0 fully saturated rings. The lowest BCUT2D eigenvalue weighted by Crippen LogP contribution is -2.27. The molecule has 0 aliphatic heterocycles. The van der Waals surface area contributed by atoms with Crippen molar-refractivity contribution < 1.29 is 4.79 Å². The van der Waals surface area contributed by atoms with Gasteiger partial charge in [-0.25, -0.2) is 4.68 Å². The maximum Gasteiger partial charge on any atom is 0.242 e. The zero-order valence-electron chi connectivity index (χ0n) is 11.9. The molecule has 0 spiro atoms. The van der Waals surface area contributed by atoms with Crippen LogP contribution in [-0.4, -0.2) is 30.7 Å². The van der Waals surface area contributed by atoms with Crippen molar-refractivity contribution in [2.24, 2.45) is 7.05 Å². The number of fused-ring (bicyclic) bond motifs is 1. The second kappa shape index (κ2) is 5.35.